The van der Waals surface area contributed by atoms with E-state index >= 15 is 0 Å². The van der Waals surface area contributed by atoms with Crippen LogP contribution in [0, 0.1) is 0 Å². The number of aromatic nitrogens is 2. The van der Waals surface area contributed by atoms with E-state index in [0.717, 1.165) is 38.2 Å². The van der Waals surface area contributed by atoms with Gasteiger partial charge in [0.2, 0.25) is 0 Å². The van der Waals surface area contributed by atoms with Crippen molar-refractivity contribution < 1.29 is 9.47 Å². The lowest BCUT2D eigenvalue weighted by Gasteiger charge is -2.32. The number of anilines is 1. The van der Waals surface area contributed by atoms with E-state index in [-0.39, 0.29) is 11.7 Å². The number of hydrogen-bond donors (Lipinski definition) is 0. The van der Waals surface area contributed by atoms with Gasteiger partial charge in [0, 0.05) is 26.3 Å². The fraction of sp³-hybridized carbons (Fsp3) is 0.692. The first-order valence-corrected chi connectivity index (χ1v) is 6.73. The average molecular weight is 265 g/mol. The summed E-state index contributed by atoms with van der Waals surface area (Å²) >= 11 is 0. The van der Waals surface area contributed by atoms with Crippen molar-refractivity contribution in [3.8, 4) is 0 Å². The number of ether oxygens (including phenoxy) is 2. The Balaban J connectivity index is 1.68. The molecule has 0 N–H and O–H groups in total. The zero-order valence-electron chi connectivity index (χ0n) is 11.1. The summed E-state index contributed by atoms with van der Waals surface area (Å²) in [6.07, 6.45) is 4.28. The van der Waals surface area contributed by atoms with E-state index in [0.29, 0.717) is 12.6 Å². The SMILES string of the molecule is COC1CCN(c2cnn(C[C@@H]3CO3)c(=O)c2)CC1. The molecule has 0 aliphatic carbocycles. The average Bonchev–Trinajstić information content (AvgIpc) is 3.25. The molecule has 1 atom stereocenters. The number of epoxide rings is 1. The summed E-state index contributed by atoms with van der Waals surface area (Å²) in [5.41, 5.74) is 0.856. The Morgan fingerprint density at radius 3 is 2.79 bits per heavy atom. The quantitative estimate of drug-likeness (QED) is 0.731. The molecule has 2 aliphatic rings. The van der Waals surface area contributed by atoms with Gasteiger partial charge in [-0.15, -0.1) is 0 Å². The molecule has 2 fully saturated rings. The highest BCUT2D eigenvalue weighted by atomic mass is 16.6. The molecule has 6 heteroatoms. The molecule has 0 radical (unpaired) electrons. The topological polar surface area (TPSA) is 59.9 Å². The molecule has 1 aromatic heterocycles. The van der Waals surface area contributed by atoms with Crippen molar-refractivity contribution in [3.63, 3.8) is 0 Å². The molecule has 0 bridgehead atoms. The molecule has 6 nitrogen and oxygen atoms in total. The van der Waals surface area contributed by atoms with Gasteiger partial charge in [-0.3, -0.25) is 4.79 Å². The van der Waals surface area contributed by atoms with Crippen LogP contribution in [-0.4, -0.2) is 48.8 Å². The fourth-order valence-corrected chi connectivity index (χ4v) is 2.45. The highest BCUT2D eigenvalue weighted by Gasteiger charge is 2.24. The largest absolute Gasteiger partial charge is 0.381 e. The van der Waals surface area contributed by atoms with Crippen molar-refractivity contribution >= 4 is 5.69 Å². The molecular formula is C13H19N3O3. The Labute approximate surface area is 111 Å². The first-order chi connectivity index (χ1) is 9.26. The van der Waals surface area contributed by atoms with Crippen LogP contribution in [0.5, 0.6) is 0 Å². The van der Waals surface area contributed by atoms with Gasteiger partial charge in [-0.1, -0.05) is 0 Å². The summed E-state index contributed by atoms with van der Waals surface area (Å²) in [4.78, 5) is 14.2. The molecule has 2 aliphatic heterocycles. The van der Waals surface area contributed by atoms with E-state index in [1.807, 2.05) is 0 Å². The van der Waals surface area contributed by atoms with Crippen LogP contribution in [0.2, 0.25) is 0 Å². The zero-order chi connectivity index (χ0) is 13.2. The van der Waals surface area contributed by atoms with Crippen LogP contribution >= 0.6 is 0 Å². The normalized spacial score (nSPS) is 23.6. The summed E-state index contributed by atoms with van der Waals surface area (Å²) in [6.45, 7) is 3.12. The lowest BCUT2D eigenvalue weighted by atomic mass is 10.1. The molecule has 2 saturated heterocycles. The van der Waals surface area contributed by atoms with Crippen LogP contribution in [0.1, 0.15) is 12.8 Å². The van der Waals surface area contributed by atoms with Crippen LogP contribution in [0.15, 0.2) is 17.1 Å². The van der Waals surface area contributed by atoms with Crippen molar-refractivity contribution in [3.05, 3.63) is 22.6 Å². The van der Waals surface area contributed by atoms with Gasteiger partial charge in [-0.25, -0.2) is 4.68 Å². The van der Waals surface area contributed by atoms with Gasteiger partial charge in [0.05, 0.1) is 31.1 Å². The Morgan fingerprint density at radius 1 is 1.47 bits per heavy atom. The van der Waals surface area contributed by atoms with Gasteiger partial charge in [0.25, 0.3) is 5.56 Å². The monoisotopic (exact) mass is 265 g/mol. The number of rotatable bonds is 4. The molecule has 0 spiro atoms. The highest BCUT2D eigenvalue weighted by Crippen LogP contribution is 2.19. The highest BCUT2D eigenvalue weighted by molar-refractivity contribution is 5.43. The van der Waals surface area contributed by atoms with E-state index < -0.39 is 0 Å². The second kappa shape index (κ2) is 5.30. The second-order valence-corrected chi connectivity index (χ2v) is 5.11. The zero-order valence-corrected chi connectivity index (χ0v) is 11.1. The lowest BCUT2D eigenvalue weighted by Crippen LogP contribution is -2.37. The minimum absolute atomic E-state index is 0.0538. The van der Waals surface area contributed by atoms with Crippen molar-refractivity contribution in [1.82, 2.24) is 9.78 Å². The Bertz CT molecular complexity index is 490. The molecule has 0 amide bonds. The third-order valence-corrected chi connectivity index (χ3v) is 3.77. The maximum absolute atomic E-state index is 12.0. The number of nitrogens with zero attached hydrogens (tertiary/aromatic N) is 3. The molecule has 19 heavy (non-hydrogen) atoms. The van der Waals surface area contributed by atoms with Crippen molar-refractivity contribution in [2.75, 3.05) is 31.7 Å². The van der Waals surface area contributed by atoms with Gasteiger partial charge >= 0.3 is 0 Å². The van der Waals surface area contributed by atoms with E-state index in [4.69, 9.17) is 9.47 Å². The van der Waals surface area contributed by atoms with E-state index in [9.17, 15) is 4.79 Å². The van der Waals surface area contributed by atoms with Crippen molar-refractivity contribution in [1.29, 1.82) is 0 Å². The maximum Gasteiger partial charge on any atom is 0.268 e. The smallest absolute Gasteiger partial charge is 0.268 e. The Hall–Kier alpha value is -1.40. The summed E-state index contributed by atoms with van der Waals surface area (Å²) < 4.78 is 11.9. The van der Waals surface area contributed by atoms with Crippen LogP contribution in [0.3, 0.4) is 0 Å². The van der Waals surface area contributed by atoms with Crippen LogP contribution in [0.4, 0.5) is 5.69 Å². The summed E-state index contributed by atoms with van der Waals surface area (Å²) in [7, 11) is 1.75. The minimum Gasteiger partial charge on any atom is -0.381 e. The van der Waals surface area contributed by atoms with Gasteiger partial charge in [0.1, 0.15) is 6.10 Å². The molecule has 0 saturated carbocycles. The first kappa shape index (κ1) is 12.6. The van der Waals surface area contributed by atoms with E-state index in [1.54, 1.807) is 19.4 Å². The molecule has 0 unspecified atom stereocenters. The molecule has 3 rings (SSSR count). The molecule has 1 aromatic rings. The summed E-state index contributed by atoms with van der Waals surface area (Å²) in [5, 5.41) is 4.22. The van der Waals surface area contributed by atoms with Gasteiger partial charge in [-0.2, -0.15) is 5.10 Å². The third-order valence-electron chi connectivity index (χ3n) is 3.77. The second-order valence-electron chi connectivity index (χ2n) is 5.11. The maximum atomic E-state index is 12.0. The van der Waals surface area contributed by atoms with Gasteiger partial charge in [-0.05, 0) is 12.8 Å². The number of piperidine rings is 1. The van der Waals surface area contributed by atoms with E-state index in [2.05, 4.69) is 10.00 Å². The molecular weight excluding hydrogens is 246 g/mol. The van der Waals surface area contributed by atoms with Crippen LogP contribution in [-0.2, 0) is 16.0 Å². The first-order valence-electron chi connectivity index (χ1n) is 6.73. The van der Waals surface area contributed by atoms with E-state index in [1.165, 1.54) is 4.68 Å². The minimum atomic E-state index is -0.0538. The standard InChI is InChI=1S/C13H19N3O3/c1-18-11-2-4-15(5-3-11)10-6-13(17)16(14-7-10)8-12-9-19-12/h6-7,11-12H,2-5,8-9H2,1H3/t12-/m1/s1. The Morgan fingerprint density at radius 2 is 2.21 bits per heavy atom. The summed E-state index contributed by atoms with van der Waals surface area (Å²) in [6, 6.07) is 1.67. The van der Waals surface area contributed by atoms with Crippen LogP contribution in [0.25, 0.3) is 0 Å². The third kappa shape index (κ3) is 2.96. The predicted molar refractivity (Wildman–Crippen MR) is 70.5 cm³/mol. The number of hydrogen-bond acceptors (Lipinski definition) is 5. The molecule has 3 heterocycles. The van der Waals surface area contributed by atoms with Gasteiger partial charge < -0.3 is 14.4 Å². The van der Waals surface area contributed by atoms with Crippen LogP contribution < -0.4 is 10.5 Å². The lowest BCUT2D eigenvalue weighted by molar-refractivity contribution is 0.0819. The summed E-state index contributed by atoms with van der Waals surface area (Å²) in [5.74, 6) is 0. The fourth-order valence-electron chi connectivity index (χ4n) is 2.45. The van der Waals surface area contributed by atoms with Crippen molar-refractivity contribution in [2.24, 2.45) is 0 Å². The molecule has 0 aromatic carbocycles. The van der Waals surface area contributed by atoms with Crippen molar-refractivity contribution in [2.45, 2.75) is 31.6 Å². The Kier molecular flexibility index (Phi) is 3.52. The number of methoxy groups -OCH3 is 1. The van der Waals surface area contributed by atoms with Gasteiger partial charge in [0.15, 0.2) is 0 Å². The predicted octanol–water partition coefficient (Wildman–Crippen LogP) is 0.257. The molecule has 104 valence electrons.